The van der Waals surface area contributed by atoms with Crippen LogP contribution in [0.15, 0.2) is 16.6 Å². The highest BCUT2D eigenvalue weighted by Crippen LogP contribution is 2.32. The van der Waals surface area contributed by atoms with Gasteiger partial charge >= 0.3 is 0 Å². The molecule has 0 radical (unpaired) electrons. The summed E-state index contributed by atoms with van der Waals surface area (Å²) in [5.41, 5.74) is 0.961. The smallest absolute Gasteiger partial charge is 0.161 e. The Hall–Kier alpha value is -1.08. The molecule has 1 aliphatic heterocycles. The lowest BCUT2D eigenvalue weighted by Gasteiger charge is -2.34. The molecule has 4 heteroatoms. The maximum Gasteiger partial charge on any atom is 0.161 e. The van der Waals surface area contributed by atoms with Gasteiger partial charge in [0.2, 0.25) is 0 Å². The second-order valence-electron chi connectivity index (χ2n) is 5.09. The number of rotatable bonds is 3. The predicted octanol–water partition coefficient (Wildman–Crippen LogP) is 4.48. The van der Waals surface area contributed by atoms with Crippen molar-refractivity contribution >= 4 is 21.6 Å². The summed E-state index contributed by atoms with van der Waals surface area (Å²) in [5, 5.41) is 8.88. The Morgan fingerprint density at radius 3 is 2.68 bits per heavy atom. The highest BCUT2D eigenvalue weighted by Gasteiger charge is 2.22. The Morgan fingerprint density at radius 1 is 1.42 bits per heavy atom. The molecule has 0 aliphatic carbocycles. The van der Waals surface area contributed by atoms with E-state index in [0.717, 1.165) is 31.8 Å². The number of anilines is 1. The molecule has 0 spiro atoms. The molecule has 0 amide bonds. The van der Waals surface area contributed by atoms with Crippen LogP contribution >= 0.6 is 15.9 Å². The first kappa shape index (κ1) is 14.3. The lowest BCUT2D eigenvalue weighted by Crippen LogP contribution is -2.34. The number of benzene rings is 1. The molecule has 0 atom stereocenters. The largest absolute Gasteiger partial charge is 0.369 e. The summed E-state index contributed by atoms with van der Waals surface area (Å²) in [6, 6.07) is 5.39. The third-order valence-electron chi connectivity index (χ3n) is 3.83. The standard InChI is InChI=1S/C15H18BrFN2/c1-2-3-11-6-8-19(9-7-11)13-5-4-12(10-18)14(16)15(13)17/h4-5,11H,2-3,6-9H2,1H3. The van der Waals surface area contributed by atoms with Crippen LogP contribution in [0.4, 0.5) is 10.1 Å². The molecule has 2 nitrogen and oxygen atoms in total. The highest BCUT2D eigenvalue weighted by atomic mass is 79.9. The van der Waals surface area contributed by atoms with Gasteiger partial charge in [-0.2, -0.15) is 5.26 Å². The first-order valence-electron chi connectivity index (χ1n) is 6.80. The number of nitriles is 1. The van der Waals surface area contributed by atoms with Crippen LogP contribution in [-0.4, -0.2) is 13.1 Å². The Morgan fingerprint density at radius 2 is 2.11 bits per heavy atom. The van der Waals surface area contributed by atoms with Crippen molar-refractivity contribution in [1.82, 2.24) is 0 Å². The van der Waals surface area contributed by atoms with Crippen LogP contribution in [0.25, 0.3) is 0 Å². The molecule has 0 saturated carbocycles. The Balaban J connectivity index is 2.12. The van der Waals surface area contributed by atoms with Crippen molar-refractivity contribution in [3.05, 3.63) is 28.0 Å². The summed E-state index contributed by atoms with van der Waals surface area (Å²) in [5.74, 6) is 0.471. The zero-order valence-corrected chi connectivity index (χ0v) is 12.7. The topological polar surface area (TPSA) is 27.0 Å². The molecule has 1 aromatic rings. The fraction of sp³-hybridized carbons (Fsp3) is 0.533. The van der Waals surface area contributed by atoms with E-state index in [1.54, 1.807) is 12.1 Å². The zero-order valence-electron chi connectivity index (χ0n) is 11.1. The quantitative estimate of drug-likeness (QED) is 0.819. The SMILES string of the molecule is CCCC1CCN(c2ccc(C#N)c(Br)c2F)CC1. The molecule has 1 aromatic carbocycles. The molecule has 19 heavy (non-hydrogen) atoms. The van der Waals surface area contributed by atoms with E-state index in [9.17, 15) is 4.39 Å². The third kappa shape index (κ3) is 3.09. The number of hydrogen-bond donors (Lipinski definition) is 0. The molecule has 1 aliphatic rings. The zero-order chi connectivity index (χ0) is 13.8. The van der Waals surface area contributed by atoms with E-state index in [0.29, 0.717) is 11.3 Å². The van der Waals surface area contributed by atoms with Gasteiger partial charge in [-0.15, -0.1) is 0 Å². The maximum atomic E-state index is 14.2. The molecule has 1 heterocycles. The third-order valence-corrected chi connectivity index (χ3v) is 4.61. The number of halogens is 2. The molecular formula is C15H18BrFN2. The van der Waals surface area contributed by atoms with Gasteiger partial charge in [0.25, 0.3) is 0 Å². The van der Waals surface area contributed by atoms with E-state index < -0.39 is 0 Å². The first-order valence-corrected chi connectivity index (χ1v) is 7.59. The summed E-state index contributed by atoms with van der Waals surface area (Å²) in [7, 11) is 0. The van der Waals surface area contributed by atoms with E-state index >= 15 is 0 Å². The average Bonchev–Trinajstić information content (AvgIpc) is 2.43. The van der Waals surface area contributed by atoms with Crippen LogP contribution in [0, 0.1) is 23.1 Å². The van der Waals surface area contributed by atoms with Gasteiger partial charge in [-0.25, -0.2) is 4.39 Å². The minimum atomic E-state index is -0.312. The van der Waals surface area contributed by atoms with Crippen molar-refractivity contribution in [3.63, 3.8) is 0 Å². The molecule has 2 rings (SSSR count). The molecule has 1 fully saturated rings. The molecule has 0 bridgehead atoms. The Bertz CT molecular complexity index is 488. The minimum absolute atomic E-state index is 0.281. The van der Waals surface area contributed by atoms with Gasteiger partial charge in [0.15, 0.2) is 5.82 Å². The maximum absolute atomic E-state index is 14.2. The Kier molecular flexibility index (Phi) is 4.81. The predicted molar refractivity (Wildman–Crippen MR) is 78.7 cm³/mol. The van der Waals surface area contributed by atoms with Crippen molar-refractivity contribution in [3.8, 4) is 6.07 Å². The molecule has 0 N–H and O–H groups in total. The Labute approximate surface area is 122 Å². The summed E-state index contributed by atoms with van der Waals surface area (Å²) in [6.07, 6.45) is 4.75. The molecule has 0 aromatic heterocycles. The van der Waals surface area contributed by atoms with Gasteiger partial charge < -0.3 is 4.90 Å². The number of piperidine rings is 1. The van der Waals surface area contributed by atoms with Gasteiger partial charge in [0, 0.05) is 13.1 Å². The highest BCUT2D eigenvalue weighted by molar-refractivity contribution is 9.10. The van der Waals surface area contributed by atoms with Crippen LogP contribution < -0.4 is 4.90 Å². The van der Waals surface area contributed by atoms with E-state index in [4.69, 9.17) is 5.26 Å². The normalized spacial score (nSPS) is 16.4. The lowest BCUT2D eigenvalue weighted by molar-refractivity contribution is 0.376. The van der Waals surface area contributed by atoms with Gasteiger partial charge in [0.05, 0.1) is 15.7 Å². The molecule has 0 unspecified atom stereocenters. The second-order valence-corrected chi connectivity index (χ2v) is 5.88. The van der Waals surface area contributed by atoms with Gasteiger partial charge in [0.1, 0.15) is 6.07 Å². The number of nitrogens with zero attached hydrogens (tertiary/aromatic N) is 2. The van der Waals surface area contributed by atoms with Crippen LogP contribution in [0.1, 0.15) is 38.2 Å². The van der Waals surface area contributed by atoms with E-state index in [2.05, 4.69) is 27.8 Å². The monoisotopic (exact) mass is 324 g/mol. The lowest BCUT2D eigenvalue weighted by atomic mass is 9.92. The van der Waals surface area contributed by atoms with E-state index in [-0.39, 0.29) is 10.3 Å². The summed E-state index contributed by atoms with van der Waals surface area (Å²) >= 11 is 3.17. The second kappa shape index (κ2) is 6.38. The summed E-state index contributed by atoms with van der Waals surface area (Å²) in [4.78, 5) is 2.09. The fourth-order valence-corrected chi connectivity index (χ4v) is 3.16. The van der Waals surface area contributed by atoms with Crippen LogP contribution in [0.2, 0.25) is 0 Å². The fourth-order valence-electron chi connectivity index (χ4n) is 2.74. The molecule has 102 valence electrons. The van der Waals surface area contributed by atoms with Crippen LogP contribution in [0.3, 0.4) is 0 Å². The average molecular weight is 325 g/mol. The van der Waals surface area contributed by atoms with Crippen molar-refractivity contribution in [1.29, 1.82) is 5.26 Å². The minimum Gasteiger partial charge on any atom is -0.369 e. The summed E-state index contributed by atoms with van der Waals surface area (Å²) < 4.78 is 14.5. The number of hydrogen-bond acceptors (Lipinski definition) is 2. The molecular weight excluding hydrogens is 307 g/mol. The van der Waals surface area contributed by atoms with Crippen LogP contribution in [0.5, 0.6) is 0 Å². The van der Waals surface area contributed by atoms with Gasteiger partial charge in [-0.3, -0.25) is 0 Å². The van der Waals surface area contributed by atoms with Crippen LogP contribution in [-0.2, 0) is 0 Å². The van der Waals surface area contributed by atoms with Crippen molar-refractivity contribution in [2.24, 2.45) is 5.92 Å². The van der Waals surface area contributed by atoms with Gasteiger partial charge in [-0.1, -0.05) is 19.8 Å². The van der Waals surface area contributed by atoms with E-state index in [1.807, 2.05) is 6.07 Å². The first-order chi connectivity index (χ1) is 9.17. The molecule has 1 saturated heterocycles. The van der Waals surface area contributed by atoms with Crippen molar-refractivity contribution in [2.75, 3.05) is 18.0 Å². The van der Waals surface area contributed by atoms with Crippen molar-refractivity contribution in [2.45, 2.75) is 32.6 Å². The van der Waals surface area contributed by atoms with E-state index in [1.165, 1.54) is 12.8 Å². The summed E-state index contributed by atoms with van der Waals surface area (Å²) in [6.45, 7) is 4.02. The van der Waals surface area contributed by atoms with Crippen molar-refractivity contribution < 1.29 is 4.39 Å². The van der Waals surface area contributed by atoms with Gasteiger partial charge in [-0.05, 0) is 46.8 Å².